The third kappa shape index (κ3) is 3.81. The summed E-state index contributed by atoms with van der Waals surface area (Å²) in [5, 5.41) is 20.3. The minimum absolute atomic E-state index is 0.149. The molecule has 1 rings (SSSR count). The Kier molecular flexibility index (Phi) is 6.03. The molecular formula is C15H19NO6. The van der Waals surface area contributed by atoms with Crippen molar-refractivity contribution in [2.75, 3.05) is 0 Å². The van der Waals surface area contributed by atoms with Crippen LogP contribution in [0.5, 0.6) is 0 Å². The number of carboxylic acid groups (broad SMARTS) is 1. The SMILES string of the molecule is CCC(CC)([C@H](OC(=O)CC(=O)O)c1ccccc1)[N+](=O)[O-]. The van der Waals surface area contributed by atoms with Gasteiger partial charge in [-0.1, -0.05) is 44.2 Å². The number of rotatable bonds is 8. The summed E-state index contributed by atoms with van der Waals surface area (Å²) in [7, 11) is 0. The van der Waals surface area contributed by atoms with Gasteiger partial charge in [-0.25, -0.2) is 0 Å². The molecule has 7 heteroatoms. The van der Waals surface area contributed by atoms with Crippen molar-refractivity contribution in [3.8, 4) is 0 Å². The Hall–Kier alpha value is -2.44. The molecule has 120 valence electrons. The topological polar surface area (TPSA) is 107 Å². The van der Waals surface area contributed by atoms with E-state index in [1.165, 1.54) is 0 Å². The molecular weight excluding hydrogens is 290 g/mol. The van der Waals surface area contributed by atoms with Crippen molar-refractivity contribution < 1.29 is 24.4 Å². The summed E-state index contributed by atoms with van der Waals surface area (Å²) >= 11 is 0. The van der Waals surface area contributed by atoms with Gasteiger partial charge in [0, 0.05) is 17.8 Å². The highest BCUT2D eigenvalue weighted by molar-refractivity contribution is 5.90. The van der Waals surface area contributed by atoms with E-state index in [-0.39, 0.29) is 12.8 Å². The summed E-state index contributed by atoms with van der Waals surface area (Å²) in [5.41, 5.74) is -1.02. The quantitative estimate of drug-likeness (QED) is 0.342. The van der Waals surface area contributed by atoms with Gasteiger partial charge in [0.05, 0.1) is 0 Å². The van der Waals surface area contributed by atoms with Crippen molar-refractivity contribution in [3.63, 3.8) is 0 Å². The van der Waals surface area contributed by atoms with Crippen LogP contribution in [0.3, 0.4) is 0 Å². The number of ether oxygens (including phenoxy) is 1. The average Bonchev–Trinajstić information content (AvgIpc) is 2.47. The van der Waals surface area contributed by atoms with Crippen LogP contribution in [0, 0.1) is 10.1 Å². The zero-order chi connectivity index (χ0) is 16.8. The largest absolute Gasteiger partial charge is 0.481 e. The second-order valence-corrected chi connectivity index (χ2v) is 4.92. The lowest BCUT2D eigenvalue weighted by atomic mass is 9.83. The molecule has 0 spiro atoms. The molecule has 1 N–H and O–H groups in total. The Morgan fingerprint density at radius 1 is 1.27 bits per heavy atom. The van der Waals surface area contributed by atoms with Crippen LogP contribution in [0.4, 0.5) is 0 Å². The van der Waals surface area contributed by atoms with Gasteiger partial charge >= 0.3 is 11.9 Å². The summed E-state index contributed by atoms with van der Waals surface area (Å²) in [6.07, 6.45) is -1.66. The summed E-state index contributed by atoms with van der Waals surface area (Å²) in [4.78, 5) is 33.5. The number of benzene rings is 1. The first kappa shape index (κ1) is 17.6. The zero-order valence-corrected chi connectivity index (χ0v) is 12.5. The molecule has 0 aliphatic carbocycles. The Bertz CT molecular complexity index is 538. The van der Waals surface area contributed by atoms with Crippen molar-refractivity contribution in [1.29, 1.82) is 0 Å². The van der Waals surface area contributed by atoms with Crippen LogP contribution in [0.15, 0.2) is 30.3 Å². The normalized spacial score (nSPS) is 12.5. The first-order valence-corrected chi connectivity index (χ1v) is 6.98. The first-order chi connectivity index (χ1) is 10.4. The number of carbonyl (C=O) groups is 2. The molecule has 7 nitrogen and oxygen atoms in total. The van der Waals surface area contributed by atoms with Gasteiger partial charge in [0.2, 0.25) is 0 Å². The number of hydrogen-bond acceptors (Lipinski definition) is 5. The lowest BCUT2D eigenvalue weighted by Crippen LogP contribution is -2.45. The van der Waals surface area contributed by atoms with Crippen LogP contribution >= 0.6 is 0 Å². The third-order valence-corrected chi connectivity index (χ3v) is 3.72. The Morgan fingerprint density at radius 2 is 1.82 bits per heavy atom. The van der Waals surface area contributed by atoms with Gasteiger partial charge in [-0.05, 0) is 5.56 Å². The van der Waals surface area contributed by atoms with E-state index >= 15 is 0 Å². The second-order valence-electron chi connectivity index (χ2n) is 4.92. The van der Waals surface area contributed by atoms with Gasteiger partial charge < -0.3 is 9.84 Å². The maximum atomic E-state index is 11.7. The Labute approximate surface area is 128 Å². The highest BCUT2D eigenvalue weighted by Gasteiger charge is 2.50. The first-order valence-electron chi connectivity index (χ1n) is 6.98. The molecule has 0 radical (unpaired) electrons. The van der Waals surface area contributed by atoms with Crippen LogP contribution in [0.25, 0.3) is 0 Å². The Morgan fingerprint density at radius 3 is 2.23 bits per heavy atom. The van der Waals surface area contributed by atoms with E-state index in [4.69, 9.17) is 9.84 Å². The fraction of sp³-hybridized carbons (Fsp3) is 0.467. The van der Waals surface area contributed by atoms with Crippen molar-refractivity contribution in [2.45, 2.75) is 44.8 Å². The molecule has 0 heterocycles. The maximum Gasteiger partial charge on any atom is 0.318 e. The van der Waals surface area contributed by atoms with E-state index in [0.717, 1.165) is 0 Å². The van der Waals surface area contributed by atoms with Gasteiger partial charge in [-0.3, -0.25) is 19.7 Å². The zero-order valence-electron chi connectivity index (χ0n) is 12.5. The number of aliphatic carboxylic acids is 1. The number of nitro groups is 1. The smallest absolute Gasteiger partial charge is 0.318 e. The molecule has 1 aromatic carbocycles. The van der Waals surface area contributed by atoms with Gasteiger partial charge in [-0.15, -0.1) is 0 Å². The molecule has 0 amide bonds. The van der Waals surface area contributed by atoms with E-state index in [1.54, 1.807) is 44.2 Å². The molecule has 1 aromatic rings. The van der Waals surface area contributed by atoms with E-state index in [1.807, 2.05) is 0 Å². The fourth-order valence-corrected chi connectivity index (χ4v) is 2.39. The van der Waals surface area contributed by atoms with Gasteiger partial charge in [-0.2, -0.15) is 0 Å². The van der Waals surface area contributed by atoms with Crippen LogP contribution in [0.2, 0.25) is 0 Å². The summed E-state index contributed by atoms with van der Waals surface area (Å²) < 4.78 is 5.19. The molecule has 0 saturated carbocycles. The molecule has 0 aliphatic rings. The molecule has 22 heavy (non-hydrogen) atoms. The van der Waals surface area contributed by atoms with Crippen molar-refractivity contribution in [1.82, 2.24) is 0 Å². The van der Waals surface area contributed by atoms with Gasteiger partial charge in [0.1, 0.15) is 6.42 Å². The number of carboxylic acids is 1. The molecule has 1 atom stereocenters. The summed E-state index contributed by atoms with van der Waals surface area (Å²) in [5.74, 6) is -2.33. The number of carbonyl (C=O) groups excluding carboxylic acids is 1. The predicted octanol–water partition coefficient (Wildman–Crippen LogP) is 2.58. The Balaban J connectivity index is 3.24. The maximum absolute atomic E-state index is 11.7. The van der Waals surface area contributed by atoms with Crippen LogP contribution in [-0.2, 0) is 14.3 Å². The van der Waals surface area contributed by atoms with Crippen molar-refractivity contribution in [2.24, 2.45) is 0 Å². The van der Waals surface area contributed by atoms with Crippen LogP contribution < -0.4 is 0 Å². The van der Waals surface area contributed by atoms with E-state index in [0.29, 0.717) is 5.56 Å². The van der Waals surface area contributed by atoms with Crippen molar-refractivity contribution >= 4 is 11.9 Å². The molecule has 0 unspecified atom stereocenters. The van der Waals surface area contributed by atoms with E-state index in [9.17, 15) is 19.7 Å². The minimum atomic E-state index is -1.49. The molecule has 0 saturated heterocycles. The lowest BCUT2D eigenvalue weighted by molar-refractivity contribution is -0.585. The highest BCUT2D eigenvalue weighted by atomic mass is 16.6. The second kappa shape index (κ2) is 7.53. The molecule has 0 aliphatic heterocycles. The number of esters is 1. The predicted molar refractivity (Wildman–Crippen MR) is 77.8 cm³/mol. The minimum Gasteiger partial charge on any atom is -0.481 e. The van der Waals surface area contributed by atoms with Crippen molar-refractivity contribution in [3.05, 3.63) is 46.0 Å². The molecule has 0 aromatic heterocycles. The summed E-state index contributed by atoms with van der Waals surface area (Å²) in [6, 6.07) is 8.36. The van der Waals surface area contributed by atoms with Crippen LogP contribution in [0.1, 0.15) is 44.8 Å². The monoisotopic (exact) mass is 309 g/mol. The molecule has 0 bridgehead atoms. The number of nitrogens with zero attached hydrogens (tertiary/aromatic N) is 1. The molecule has 0 fully saturated rings. The van der Waals surface area contributed by atoms with Crippen LogP contribution in [-0.4, -0.2) is 27.5 Å². The van der Waals surface area contributed by atoms with Gasteiger partial charge in [0.25, 0.3) is 5.54 Å². The van der Waals surface area contributed by atoms with E-state index in [2.05, 4.69) is 0 Å². The number of hydrogen-bond donors (Lipinski definition) is 1. The lowest BCUT2D eigenvalue weighted by Gasteiger charge is -2.31. The standard InChI is InChI=1S/C15H19NO6/c1-3-15(4-2,16(20)21)14(11-8-6-5-7-9-11)22-13(19)10-12(17)18/h5-9,14H,3-4,10H2,1-2H3,(H,17,18)/t14-/m1/s1. The average molecular weight is 309 g/mol. The highest BCUT2D eigenvalue weighted by Crippen LogP contribution is 2.38. The summed E-state index contributed by atoms with van der Waals surface area (Å²) in [6.45, 7) is 3.29. The fourth-order valence-electron chi connectivity index (χ4n) is 2.39. The van der Waals surface area contributed by atoms with E-state index < -0.39 is 34.9 Å². The third-order valence-electron chi connectivity index (χ3n) is 3.72. The van der Waals surface area contributed by atoms with Gasteiger partial charge in [0.15, 0.2) is 6.10 Å².